The molecule has 3 atom stereocenters. The molecule has 1 amide bonds. The number of carbonyl (C=O) groups excluding carboxylic acids is 1. The average molecular weight is 463 g/mol. The summed E-state index contributed by atoms with van der Waals surface area (Å²) in [4.78, 5) is 24.4. The second-order valence-corrected chi connectivity index (χ2v) is 8.91. The van der Waals surface area contributed by atoms with Gasteiger partial charge in [0.15, 0.2) is 5.58 Å². The second-order valence-electron chi connectivity index (χ2n) is 8.91. The molecule has 0 radical (unpaired) electrons. The summed E-state index contributed by atoms with van der Waals surface area (Å²) < 4.78 is 18.1. The minimum absolute atomic E-state index is 0.300. The molecule has 0 saturated carbocycles. The van der Waals surface area contributed by atoms with Gasteiger partial charge in [0.25, 0.3) is 5.91 Å². The number of carbonyl (C=O) groups is 1. The number of nitriles is 1. The highest BCUT2D eigenvalue weighted by Gasteiger charge is 2.42. The average Bonchev–Trinajstić information content (AvgIpc) is 2.99. The molecular formula is C25H26N4O5. The monoisotopic (exact) mass is 462 g/mol. The van der Waals surface area contributed by atoms with Crippen LogP contribution in [0.25, 0.3) is 22.2 Å². The van der Waals surface area contributed by atoms with Crippen molar-refractivity contribution in [2.45, 2.75) is 30.6 Å². The topological polar surface area (TPSA) is 119 Å². The third-order valence-electron chi connectivity index (χ3n) is 6.57. The highest BCUT2D eigenvalue weighted by molar-refractivity contribution is 5.82. The largest absolute Gasteiger partial charge is 0.419 e. The van der Waals surface area contributed by atoms with Gasteiger partial charge in [-0.05, 0) is 28.8 Å². The second kappa shape index (κ2) is 9.06. The fourth-order valence-corrected chi connectivity index (χ4v) is 4.37. The van der Waals surface area contributed by atoms with Gasteiger partial charge in [0.05, 0.1) is 24.8 Å². The lowest BCUT2D eigenvalue weighted by Crippen LogP contribution is -2.53. The Hall–Kier alpha value is -3.45. The number of hydrogen-bond acceptors (Lipinski definition) is 7. The maximum Gasteiger partial charge on any atom is 0.419 e. The Kier molecular flexibility index (Phi) is 5.96. The number of aromatic nitrogens is 1. The molecule has 2 N–H and O–H groups in total. The molecule has 1 spiro atoms. The van der Waals surface area contributed by atoms with E-state index in [4.69, 9.17) is 13.9 Å². The summed E-state index contributed by atoms with van der Waals surface area (Å²) in [5.41, 5.74) is 3.80. The molecule has 0 aliphatic carbocycles. The van der Waals surface area contributed by atoms with Crippen molar-refractivity contribution in [1.29, 1.82) is 5.26 Å². The van der Waals surface area contributed by atoms with Crippen molar-refractivity contribution in [3.63, 3.8) is 0 Å². The number of fused-ring (bicyclic) bond motifs is 1. The fourth-order valence-electron chi connectivity index (χ4n) is 4.37. The Morgan fingerprint density at radius 2 is 2.06 bits per heavy atom. The van der Waals surface area contributed by atoms with Gasteiger partial charge in [-0.15, -0.1) is 0 Å². The van der Waals surface area contributed by atoms with Gasteiger partial charge in [0, 0.05) is 33.0 Å². The van der Waals surface area contributed by atoms with E-state index in [1.54, 1.807) is 13.1 Å². The van der Waals surface area contributed by atoms with Crippen molar-refractivity contribution in [1.82, 2.24) is 15.2 Å². The van der Waals surface area contributed by atoms with Crippen molar-refractivity contribution in [2.75, 3.05) is 26.3 Å². The molecule has 2 aromatic carbocycles. The highest BCUT2D eigenvalue weighted by Crippen LogP contribution is 2.28. The number of rotatable bonds is 5. The molecule has 9 nitrogen and oxygen atoms in total. The van der Waals surface area contributed by atoms with E-state index in [9.17, 15) is 14.9 Å². The summed E-state index contributed by atoms with van der Waals surface area (Å²) in [6.45, 7) is 2.13. The maximum atomic E-state index is 12.7. The number of ether oxygens (including phenoxy) is 2. The van der Waals surface area contributed by atoms with E-state index in [1.807, 2.05) is 36.4 Å². The zero-order chi connectivity index (χ0) is 23.7. The van der Waals surface area contributed by atoms with E-state index < -0.39 is 17.9 Å². The Morgan fingerprint density at radius 1 is 1.29 bits per heavy atom. The summed E-state index contributed by atoms with van der Waals surface area (Å²) in [5, 5.41) is 15.6. The molecule has 2 aliphatic rings. The minimum Gasteiger partial charge on any atom is -0.408 e. The maximum absolute atomic E-state index is 12.7. The molecule has 2 unspecified atom stereocenters. The van der Waals surface area contributed by atoms with E-state index in [2.05, 4.69) is 16.7 Å². The van der Waals surface area contributed by atoms with Gasteiger partial charge >= 0.3 is 5.76 Å². The number of aryl methyl sites for hydroxylation is 1. The molecule has 176 valence electrons. The number of oxazole rings is 1. The van der Waals surface area contributed by atoms with Crippen LogP contribution in [0.3, 0.4) is 0 Å². The van der Waals surface area contributed by atoms with Gasteiger partial charge in [-0.25, -0.2) is 4.79 Å². The van der Waals surface area contributed by atoms with E-state index in [-0.39, 0.29) is 11.5 Å². The van der Waals surface area contributed by atoms with E-state index in [0.717, 1.165) is 35.2 Å². The third-order valence-corrected chi connectivity index (χ3v) is 6.57. The standard InChI is InChI=1S/C25H26N4O5/c1-29-20-11-18(6-7-21(20)34-24(29)31)17-4-2-16(3-5-17)10-19(12-26)28-23(30)22-13-27-14-25(15-32-22)8-9-33-25/h2-7,11,19,22,27H,8-10,13-15H2,1H3,(H,28,30)/t19-,22?,25?/m0/s1. The molecule has 3 heterocycles. The van der Waals surface area contributed by atoms with Crippen LogP contribution in [0, 0.1) is 11.3 Å². The van der Waals surface area contributed by atoms with Crippen LogP contribution in [0.1, 0.15) is 12.0 Å². The van der Waals surface area contributed by atoms with Crippen LogP contribution >= 0.6 is 0 Å². The number of hydrogen-bond donors (Lipinski definition) is 2. The molecule has 2 aliphatic heterocycles. The molecule has 3 aromatic rings. The first-order valence-corrected chi connectivity index (χ1v) is 11.3. The highest BCUT2D eigenvalue weighted by atomic mass is 16.6. The van der Waals surface area contributed by atoms with Crippen LogP contribution in [-0.4, -0.2) is 54.5 Å². The molecular weight excluding hydrogens is 436 g/mol. The zero-order valence-corrected chi connectivity index (χ0v) is 18.9. The first-order valence-electron chi connectivity index (χ1n) is 11.3. The lowest BCUT2D eigenvalue weighted by Gasteiger charge is -2.40. The number of nitrogens with zero attached hydrogens (tertiary/aromatic N) is 2. The first kappa shape index (κ1) is 22.3. The zero-order valence-electron chi connectivity index (χ0n) is 18.9. The Morgan fingerprint density at radius 3 is 2.76 bits per heavy atom. The predicted molar refractivity (Wildman–Crippen MR) is 124 cm³/mol. The van der Waals surface area contributed by atoms with Crippen molar-refractivity contribution in [2.24, 2.45) is 7.05 Å². The summed E-state index contributed by atoms with van der Waals surface area (Å²) in [6.07, 6.45) is 0.639. The molecule has 9 heteroatoms. The summed E-state index contributed by atoms with van der Waals surface area (Å²) in [5.74, 6) is -0.695. The number of nitrogens with one attached hydrogen (secondary N) is 2. The summed E-state index contributed by atoms with van der Waals surface area (Å²) in [7, 11) is 1.67. The normalized spacial score (nSPS) is 23.1. The fraction of sp³-hybridized carbons (Fsp3) is 0.400. The van der Waals surface area contributed by atoms with Crippen LogP contribution in [-0.2, 0) is 27.7 Å². The van der Waals surface area contributed by atoms with Crippen molar-refractivity contribution < 1.29 is 18.7 Å². The Labute approximate surface area is 196 Å². The van der Waals surface area contributed by atoms with E-state index in [0.29, 0.717) is 31.7 Å². The van der Waals surface area contributed by atoms with Gasteiger partial charge in [-0.2, -0.15) is 5.26 Å². The number of benzene rings is 2. The molecule has 1 aromatic heterocycles. The molecule has 5 rings (SSSR count). The number of amides is 1. The summed E-state index contributed by atoms with van der Waals surface area (Å²) in [6, 6.07) is 14.9. The van der Waals surface area contributed by atoms with Gasteiger partial charge in [0.1, 0.15) is 17.7 Å². The van der Waals surface area contributed by atoms with Crippen LogP contribution in [0.15, 0.2) is 51.7 Å². The first-order chi connectivity index (χ1) is 16.5. The molecule has 34 heavy (non-hydrogen) atoms. The van der Waals surface area contributed by atoms with Gasteiger partial charge in [0.2, 0.25) is 0 Å². The van der Waals surface area contributed by atoms with E-state index >= 15 is 0 Å². The van der Waals surface area contributed by atoms with Crippen LogP contribution in [0.5, 0.6) is 0 Å². The molecule has 2 fully saturated rings. The van der Waals surface area contributed by atoms with E-state index in [1.165, 1.54) is 4.57 Å². The predicted octanol–water partition coefficient (Wildman–Crippen LogP) is 1.50. The SMILES string of the molecule is Cn1c(=O)oc2ccc(-c3ccc(C[C@@H](C#N)NC(=O)C4CNCC5(CCO5)CO4)cc3)cc21. The quantitative estimate of drug-likeness (QED) is 0.590. The van der Waals surface area contributed by atoms with Crippen molar-refractivity contribution >= 4 is 17.0 Å². The Bertz CT molecular complexity index is 1300. The molecule has 2 saturated heterocycles. The molecule has 0 bridgehead atoms. The smallest absolute Gasteiger partial charge is 0.408 e. The van der Waals surface area contributed by atoms with Crippen molar-refractivity contribution in [3.8, 4) is 17.2 Å². The van der Waals surface area contributed by atoms with Crippen LogP contribution < -0.4 is 16.4 Å². The summed E-state index contributed by atoms with van der Waals surface area (Å²) >= 11 is 0. The Balaban J connectivity index is 1.22. The minimum atomic E-state index is -0.670. The van der Waals surface area contributed by atoms with Crippen molar-refractivity contribution in [3.05, 3.63) is 58.6 Å². The van der Waals surface area contributed by atoms with Gasteiger partial charge < -0.3 is 24.5 Å². The van der Waals surface area contributed by atoms with Gasteiger partial charge in [-0.3, -0.25) is 9.36 Å². The van der Waals surface area contributed by atoms with Gasteiger partial charge in [-0.1, -0.05) is 30.3 Å². The lowest BCUT2D eigenvalue weighted by molar-refractivity contribution is -0.178. The van der Waals surface area contributed by atoms with Crippen LogP contribution in [0.4, 0.5) is 0 Å². The third kappa shape index (κ3) is 4.35. The lowest BCUT2D eigenvalue weighted by atomic mass is 9.96. The van der Waals surface area contributed by atoms with Crippen LogP contribution in [0.2, 0.25) is 0 Å².